The lowest BCUT2D eigenvalue weighted by atomic mass is 10.0. The Morgan fingerprint density at radius 1 is 1.09 bits per heavy atom. The Bertz CT molecular complexity index is 640. The van der Waals surface area contributed by atoms with E-state index in [1.807, 2.05) is 12.1 Å². The van der Waals surface area contributed by atoms with Gasteiger partial charge < -0.3 is 10.5 Å². The van der Waals surface area contributed by atoms with Gasteiger partial charge in [-0.1, -0.05) is 50.5 Å². The van der Waals surface area contributed by atoms with Crippen LogP contribution in [0.25, 0.3) is 10.8 Å². The molecule has 0 saturated heterocycles. The molecule has 0 aliphatic carbocycles. The van der Waals surface area contributed by atoms with E-state index in [0.717, 1.165) is 31.1 Å². The van der Waals surface area contributed by atoms with Crippen LogP contribution in [0.1, 0.15) is 44.2 Å². The molecule has 126 valence electrons. The quantitative estimate of drug-likeness (QED) is 0.695. The summed E-state index contributed by atoms with van der Waals surface area (Å²) in [4.78, 5) is 0. The molecule has 0 radical (unpaired) electrons. The first kappa shape index (κ1) is 17.6. The average molecular weight is 325 g/mol. The molecular weight excluding hydrogens is 303 g/mol. The standard InChI is InChI=1S/C18H22F3NO/c1-2-3-4-7-10-23-16-12-14(17(22)18(19,20)21)11-13-8-5-6-9-15(13)16/h5-6,8-9,11-12,17H,2-4,7,10,22H2,1H3/t17-/m0/s1. The third-order valence-corrected chi connectivity index (χ3v) is 3.81. The summed E-state index contributed by atoms with van der Waals surface area (Å²) in [5, 5.41) is 1.51. The van der Waals surface area contributed by atoms with Gasteiger partial charge in [0.05, 0.1) is 6.61 Å². The molecule has 1 atom stereocenters. The van der Waals surface area contributed by atoms with Gasteiger partial charge in [-0.25, -0.2) is 0 Å². The lowest BCUT2D eigenvalue weighted by Gasteiger charge is -2.18. The Balaban J connectivity index is 2.26. The molecule has 0 fully saturated rings. The lowest BCUT2D eigenvalue weighted by Crippen LogP contribution is -2.28. The van der Waals surface area contributed by atoms with E-state index in [1.54, 1.807) is 12.1 Å². The zero-order chi connectivity index (χ0) is 16.9. The van der Waals surface area contributed by atoms with Gasteiger partial charge in [0.2, 0.25) is 0 Å². The van der Waals surface area contributed by atoms with Crippen LogP contribution in [-0.4, -0.2) is 12.8 Å². The molecule has 0 spiro atoms. The molecule has 23 heavy (non-hydrogen) atoms. The number of benzene rings is 2. The van der Waals surface area contributed by atoms with E-state index in [1.165, 1.54) is 12.1 Å². The second-order valence-electron chi connectivity index (χ2n) is 5.67. The van der Waals surface area contributed by atoms with E-state index in [-0.39, 0.29) is 5.56 Å². The second kappa shape index (κ2) is 7.68. The fraction of sp³-hybridized carbons (Fsp3) is 0.444. The predicted octanol–water partition coefficient (Wildman–Crippen LogP) is 5.36. The summed E-state index contributed by atoms with van der Waals surface area (Å²) in [5.74, 6) is 0.467. The summed E-state index contributed by atoms with van der Waals surface area (Å²) in [7, 11) is 0. The molecule has 2 aromatic rings. The number of nitrogens with two attached hydrogens (primary N) is 1. The first-order valence-electron chi connectivity index (χ1n) is 7.91. The second-order valence-corrected chi connectivity index (χ2v) is 5.67. The van der Waals surface area contributed by atoms with Gasteiger partial charge in [0.25, 0.3) is 0 Å². The van der Waals surface area contributed by atoms with Crippen molar-refractivity contribution in [2.45, 2.75) is 44.8 Å². The van der Waals surface area contributed by atoms with Crippen LogP contribution in [0.3, 0.4) is 0 Å². The summed E-state index contributed by atoms with van der Waals surface area (Å²) in [6.07, 6.45) is -0.281. The number of rotatable bonds is 7. The third-order valence-electron chi connectivity index (χ3n) is 3.81. The Morgan fingerprint density at radius 2 is 1.83 bits per heavy atom. The smallest absolute Gasteiger partial charge is 0.407 e. The Hall–Kier alpha value is -1.75. The fourth-order valence-corrected chi connectivity index (χ4v) is 2.50. The van der Waals surface area contributed by atoms with Gasteiger partial charge in [0.15, 0.2) is 0 Å². The first-order chi connectivity index (χ1) is 10.9. The SMILES string of the molecule is CCCCCCOc1cc([C@H](N)C(F)(F)F)cc2ccccc12. The molecule has 0 amide bonds. The van der Waals surface area contributed by atoms with E-state index in [9.17, 15) is 13.2 Å². The molecule has 2 N–H and O–H groups in total. The molecule has 0 aromatic heterocycles. The lowest BCUT2D eigenvalue weighted by molar-refractivity contribution is -0.149. The van der Waals surface area contributed by atoms with Crippen molar-refractivity contribution in [2.24, 2.45) is 5.73 Å². The van der Waals surface area contributed by atoms with E-state index < -0.39 is 12.2 Å². The van der Waals surface area contributed by atoms with Gasteiger partial charge in [-0.15, -0.1) is 0 Å². The molecule has 0 heterocycles. The van der Waals surface area contributed by atoms with Gasteiger partial charge >= 0.3 is 6.18 Å². The number of halogens is 3. The van der Waals surface area contributed by atoms with E-state index >= 15 is 0 Å². The Kier molecular flexibility index (Phi) is 5.88. The fourth-order valence-electron chi connectivity index (χ4n) is 2.50. The van der Waals surface area contributed by atoms with E-state index in [2.05, 4.69) is 6.92 Å². The van der Waals surface area contributed by atoms with Crippen LogP contribution >= 0.6 is 0 Å². The summed E-state index contributed by atoms with van der Waals surface area (Å²) in [6.45, 7) is 2.62. The molecular formula is C18H22F3NO. The zero-order valence-corrected chi connectivity index (χ0v) is 13.2. The van der Waals surface area contributed by atoms with Crippen molar-refractivity contribution >= 4 is 10.8 Å². The zero-order valence-electron chi connectivity index (χ0n) is 13.2. The molecule has 0 bridgehead atoms. The predicted molar refractivity (Wildman–Crippen MR) is 86.6 cm³/mol. The van der Waals surface area contributed by atoms with Crippen molar-refractivity contribution in [2.75, 3.05) is 6.61 Å². The average Bonchev–Trinajstić information content (AvgIpc) is 2.52. The van der Waals surface area contributed by atoms with Crippen molar-refractivity contribution in [3.05, 3.63) is 42.0 Å². The van der Waals surface area contributed by atoms with Crippen LogP contribution in [-0.2, 0) is 0 Å². The highest BCUT2D eigenvalue weighted by Gasteiger charge is 2.38. The maximum absolute atomic E-state index is 12.9. The topological polar surface area (TPSA) is 35.2 Å². The number of unbranched alkanes of at least 4 members (excludes halogenated alkanes) is 3. The normalized spacial score (nSPS) is 13.3. The Labute approximate surface area is 134 Å². The molecule has 0 aliphatic rings. The monoisotopic (exact) mass is 325 g/mol. The minimum Gasteiger partial charge on any atom is -0.493 e. The van der Waals surface area contributed by atoms with Crippen molar-refractivity contribution in [1.82, 2.24) is 0 Å². The molecule has 2 aromatic carbocycles. The highest BCUT2D eigenvalue weighted by Crippen LogP contribution is 2.35. The van der Waals surface area contributed by atoms with Crippen molar-refractivity contribution in [3.63, 3.8) is 0 Å². The van der Waals surface area contributed by atoms with Crippen LogP contribution in [0.15, 0.2) is 36.4 Å². The first-order valence-corrected chi connectivity index (χ1v) is 7.91. The number of alkyl halides is 3. The number of ether oxygens (including phenoxy) is 1. The van der Waals surface area contributed by atoms with Gasteiger partial charge in [0, 0.05) is 5.39 Å². The van der Waals surface area contributed by atoms with Crippen molar-refractivity contribution in [3.8, 4) is 5.75 Å². The van der Waals surface area contributed by atoms with Crippen LogP contribution in [0, 0.1) is 0 Å². The third kappa shape index (κ3) is 4.61. The minimum absolute atomic E-state index is 0.0276. The summed E-state index contributed by atoms with van der Waals surface area (Å²) >= 11 is 0. The highest BCUT2D eigenvalue weighted by atomic mass is 19.4. The van der Waals surface area contributed by atoms with Gasteiger partial charge in [0.1, 0.15) is 11.8 Å². The van der Waals surface area contributed by atoms with Crippen LogP contribution in [0.5, 0.6) is 5.75 Å². The molecule has 2 rings (SSSR count). The van der Waals surface area contributed by atoms with Crippen molar-refractivity contribution < 1.29 is 17.9 Å². The summed E-state index contributed by atoms with van der Waals surface area (Å²) in [5.41, 5.74) is 5.37. The van der Waals surface area contributed by atoms with Crippen LogP contribution in [0.2, 0.25) is 0 Å². The molecule has 0 unspecified atom stereocenters. The van der Waals surface area contributed by atoms with Crippen molar-refractivity contribution in [1.29, 1.82) is 0 Å². The van der Waals surface area contributed by atoms with Gasteiger partial charge in [-0.3, -0.25) is 0 Å². The largest absolute Gasteiger partial charge is 0.493 e. The minimum atomic E-state index is -4.47. The molecule has 0 aliphatic heterocycles. The van der Waals surface area contributed by atoms with E-state index in [0.29, 0.717) is 17.7 Å². The maximum atomic E-state index is 12.9. The van der Waals surface area contributed by atoms with Crippen LogP contribution < -0.4 is 10.5 Å². The Morgan fingerprint density at radius 3 is 2.52 bits per heavy atom. The summed E-state index contributed by atoms with van der Waals surface area (Å²) in [6, 6.07) is 8.14. The molecule has 2 nitrogen and oxygen atoms in total. The highest BCUT2D eigenvalue weighted by molar-refractivity contribution is 5.89. The van der Waals surface area contributed by atoms with Gasteiger partial charge in [-0.05, 0) is 29.5 Å². The van der Waals surface area contributed by atoms with E-state index in [4.69, 9.17) is 10.5 Å². The number of hydrogen-bond donors (Lipinski definition) is 1. The number of fused-ring (bicyclic) bond motifs is 1. The van der Waals surface area contributed by atoms with Gasteiger partial charge in [-0.2, -0.15) is 13.2 Å². The molecule has 5 heteroatoms. The summed E-state index contributed by atoms with van der Waals surface area (Å²) < 4.78 is 44.4. The number of hydrogen-bond acceptors (Lipinski definition) is 2. The molecule has 0 saturated carbocycles. The maximum Gasteiger partial charge on any atom is 0.407 e. The van der Waals surface area contributed by atoms with Crippen LogP contribution in [0.4, 0.5) is 13.2 Å².